The van der Waals surface area contributed by atoms with Gasteiger partial charge in [-0.05, 0) is 24.5 Å². The van der Waals surface area contributed by atoms with Crippen molar-refractivity contribution in [1.29, 1.82) is 0 Å². The summed E-state index contributed by atoms with van der Waals surface area (Å²) in [6.45, 7) is 5.29. The number of nitrogens with one attached hydrogen (secondary N) is 1. The zero-order valence-corrected chi connectivity index (χ0v) is 10.9. The molecule has 0 bridgehead atoms. The van der Waals surface area contributed by atoms with E-state index < -0.39 is 0 Å². The fraction of sp³-hybridized carbons (Fsp3) is 0.533. The summed E-state index contributed by atoms with van der Waals surface area (Å²) in [5.74, 6) is 0.842. The van der Waals surface area contributed by atoms with Crippen molar-refractivity contribution >= 4 is 5.91 Å². The molecule has 1 N–H and O–H groups in total. The molecule has 0 heterocycles. The summed E-state index contributed by atoms with van der Waals surface area (Å²) < 4.78 is 0. The first-order valence-corrected chi connectivity index (χ1v) is 6.57. The van der Waals surface area contributed by atoms with Crippen molar-refractivity contribution in [2.45, 2.75) is 39.5 Å². The number of hydrogen-bond acceptors (Lipinski definition) is 1. The van der Waals surface area contributed by atoms with E-state index in [9.17, 15) is 4.79 Å². The van der Waals surface area contributed by atoms with Gasteiger partial charge in [0.05, 0.1) is 0 Å². The molecular formula is C15H23NO. The Kier molecular flexibility index (Phi) is 6.38. The summed E-state index contributed by atoms with van der Waals surface area (Å²) >= 11 is 0. The van der Waals surface area contributed by atoms with E-state index in [-0.39, 0.29) is 5.91 Å². The van der Waals surface area contributed by atoms with Crippen molar-refractivity contribution in [1.82, 2.24) is 5.32 Å². The molecule has 0 aliphatic heterocycles. The van der Waals surface area contributed by atoms with Gasteiger partial charge in [0.15, 0.2) is 0 Å². The second-order valence-electron chi connectivity index (χ2n) is 4.63. The molecule has 1 aromatic rings. The number of amides is 1. The van der Waals surface area contributed by atoms with Gasteiger partial charge in [0.25, 0.3) is 5.91 Å². The van der Waals surface area contributed by atoms with E-state index in [1.807, 2.05) is 30.3 Å². The molecule has 0 aliphatic rings. The average Bonchev–Trinajstić information content (AvgIpc) is 2.38. The Bertz CT molecular complexity index is 321. The predicted molar refractivity (Wildman–Crippen MR) is 72.1 cm³/mol. The Morgan fingerprint density at radius 1 is 1.24 bits per heavy atom. The van der Waals surface area contributed by atoms with Gasteiger partial charge in [0.2, 0.25) is 0 Å². The molecule has 0 radical (unpaired) electrons. The maximum atomic E-state index is 11.7. The van der Waals surface area contributed by atoms with Crippen LogP contribution in [0.4, 0.5) is 0 Å². The zero-order chi connectivity index (χ0) is 12.5. The smallest absolute Gasteiger partial charge is 0.251 e. The molecule has 1 aromatic carbocycles. The van der Waals surface area contributed by atoms with Crippen molar-refractivity contribution in [3.63, 3.8) is 0 Å². The first-order valence-electron chi connectivity index (χ1n) is 6.57. The van der Waals surface area contributed by atoms with Crippen molar-refractivity contribution in [2.24, 2.45) is 5.92 Å². The van der Waals surface area contributed by atoms with Gasteiger partial charge >= 0.3 is 0 Å². The van der Waals surface area contributed by atoms with Gasteiger partial charge in [-0.15, -0.1) is 0 Å². The van der Waals surface area contributed by atoms with Gasteiger partial charge in [-0.25, -0.2) is 0 Å². The fourth-order valence-corrected chi connectivity index (χ4v) is 1.72. The second kappa shape index (κ2) is 7.88. The maximum absolute atomic E-state index is 11.7. The molecule has 1 atom stereocenters. The van der Waals surface area contributed by atoms with E-state index in [4.69, 9.17) is 0 Å². The number of carbonyl (C=O) groups excluding carboxylic acids is 1. The molecule has 2 heteroatoms. The van der Waals surface area contributed by atoms with E-state index in [1.54, 1.807) is 0 Å². The summed E-state index contributed by atoms with van der Waals surface area (Å²) in [6, 6.07) is 9.38. The lowest BCUT2D eigenvalue weighted by Crippen LogP contribution is -2.24. The monoisotopic (exact) mass is 233 g/mol. The van der Waals surface area contributed by atoms with Crippen LogP contribution in [0.1, 0.15) is 49.9 Å². The number of carbonyl (C=O) groups is 1. The van der Waals surface area contributed by atoms with Crippen molar-refractivity contribution in [3.8, 4) is 0 Å². The largest absolute Gasteiger partial charge is 0.352 e. The van der Waals surface area contributed by atoms with Gasteiger partial charge in [-0.3, -0.25) is 4.79 Å². The van der Waals surface area contributed by atoms with Crippen LogP contribution in [0.3, 0.4) is 0 Å². The second-order valence-corrected chi connectivity index (χ2v) is 4.63. The van der Waals surface area contributed by atoms with Gasteiger partial charge in [-0.1, -0.05) is 51.3 Å². The summed E-state index contributed by atoms with van der Waals surface area (Å²) in [5.41, 5.74) is 0.745. The Labute approximate surface area is 104 Å². The van der Waals surface area contributed by atoms with Gasteiger partial charge < -0.3 is 5.32 Å². The summed E-state index contributed by atoms with van der Waals surface area (Å²) in [5, 5.41) is 2.95. The van der Waals surface area contributed by atoms with Crippen LogP contribution in [0.15, 0.2) is 30.3 Å². The molecule has 94 valence electrons. The molecule has 0 spiro atoms. The highest BCUT2D eigenvalue weighted by Crippen LogP contribution is 2.10. The lowest BCUT2D eigenvalue weighted by atomic mass is 10.0. The zero-order valence-electron chi connectivity index (χ0n) is 10.9. The highest BCUT2D eigenvalue weighted by molar-refractivity contribution is 5.94. The van der Waals surface area contributed by atoms with Crippen LogP contribution < -0.4 is 5.32 Å². The molecule has 0 fully saturated rings. The summed E-state index contributed by atoms with van der Waals surface area (Å²) in [7, 11) is 0. The van der Waals surface area contributed by atoms with Crippen molar-refractivity contribution in [3.05, 3.63) is 35.9 Å². The summed E-state index contributed by atoms with van der Waals surface area (Å²) in [4.78, 5) is 11.7. The van der Waals surface area contributed by atoms with Gasteiger partial charge in [0, 0.05) is 12.1 Å². The van der Waals surface area contributed by atoms with Crippen LogP contribution in [-0.2, 0) is 0 Å². The third kappa shape index (κ3) is 5.53. The standard InChI is InChI=1S/C15H23NO/c1-3-13(2)9-7-8-12-16-15(17)14-10-5-4-6-11-14/h4-6,10-11,13H,3,7-9,12H2,1-2H3,(H,16,17). The van der Waals surface area contributed by atoms with Gasteiger partial charge in [-0.2, -0.15) is 0 Å². The van der Waals surface area contributed by atoms with Crippen LogP contribution in [0.5, 0.6) is 0 Å². The Morgan fingerprint density at radius 2 is 1.94 bits per heavy atom. The van der Waals surface area contributed by atoms with E-state index >= 15 is 0 Å². The molecule has 17 heavy (non-hydrogen) atoms. The Hall–Kier alpha value is -1.31. The molecule has 0 aromatic heterocycles. The van der Waals surface area contributed by atoms with Crippen molar-refractivity contribution in [2.75, 3.05) is 6.54 Å². The summed E-state index contributed by atoms with van der Waals surface area (Å²) in [6.07, 6.45) is 4.78. The number of benzene rings is 1. The van der Waals surface area contributed by atoms with Crippen LogP contribution in [0.2, 0.25) is 0 Å². The third-order valence-corrected chi connectivity index (χ3v) is 3.14. The van der Waals surface area contributed by atoms with Crippen LogP contribution in [0, 0.1) is 5.92 Å². The highest BCUT2D eigenvalue weighted by Gasteiger charge is 2.03. The van der Waals surface area contributed by atoms with Crippen LogP contribution >= 0.6 is 0 Å². The van der Waals surface area contributed by atoms with E-state index in [0.717, 1.165) is 24.4 Å². The predicted octanol–water partition coefficient (Wildman–Crippen LogP) is 3.63. The Balaban J connectivity index is 2.13. The molecular weight excluding hydrogens is 210 g/mol. The first-order chi connectivity index (χ1) is 8.24. The minimum absolute atomic E-state index is 0.0362. The maximum Gasteiger partial charge on any atom is 0.251 e. The fourth-order valence-electron chi connectivity index (χ4n) is 1.72. The van der Waals surface area contributed by atoms with Crippen LogP contribution in [-0.4, -0.2) is 12.5 Å². The highest BCUT2D eigenvalue weighted by atomic mass is 16.1. The molecule has 0 saturated heterocycles. The number of hydrogen-bond donors (Lipinski definition) is 1. The molecule has 2 nitrogen and oxygen atoms in total. The average molecular weight is 233 g/mol. The van der Waals surface area contributed by atoms with Gasteiger partial charge in [0.1, 0.15) is 0 Å². The lowest BCUT2D eigenvalue weighted by molar-refractivity contribution is 0.0953. The Morgan fingerprint density at radius 3 is 2.59 bits per heavy atom. The molecule has 0 aliphatic carbocycles. The first kappa shape index (κ1) is 13.8. The van der Waals surface area contributed by atoms with E-state index in [0.29, 0.717) is 0 Å². The molecule has 1 amide bonds. The minimum Gasteiger partial charge on any atom is -0.352 e. The SMILES string of the molecule is CCC(C)CCCCNC(=O)c1ccccc1. The topological polar surface area (TPSA) is 29.1 Å². The normalized spacial score (nSPS) is 12.1. The quantitative estimate of drug-likeness (QED) is 0.716. The van der Waals surface area contributed by atoms with E-state index in [1.165, 1.54) is 19.3 Å². The lowest BCUT2D eigenvalue weighted by Gasteiger charge is -2.08. The van der Waals surface area contributed by atoms with Crippen molar-refractivity contribution < 1.29 is 4.79 Å². The molecule has 0 saturated carbocycles. The number of unbranched alkanes of at least 4 members (excludes halogenated alkanes) is 1. The number of rotatable bonds is 7. The third-order valence-electron chi connectivity index (χ3n) is 3.14. The molecule has 1 unspecified atom stereocenters. The molecule has 1 rings (SSSR count). The minimum atomic E-state index is 0.0362. The van der Waals surface area contributed by atoms with Crippen LogP contribution in [0.25, 0.3) is 0 Å². The van der Waals surface area contributed by atoms with E-state index in [2.05, 4.69) is 19.2 Å².